The van der Waals surface area contributed by atoms with E-state index in [0.29, 0.717) is 40.3 Å². The lowest BCUT2D eigenvalue weighted by molar-refractivity contribution is 0.0947. The number of aryl methyl sites for hydroxylation is 1. The van der Waals surface area contributed by atoms with Crippen molar-refractivity contribution in [2.45, 2.75) is 38.5 Å². The van der Waals surface area contributed by atoms with Crippen LogP contribution in [0.3, 0.4) is 0 Å². The molecule has 1 aliphatic rings. The molecule has 1 aromatic carbocycles. The monoisotopic (exact) mass is 380 g/mol. The summed E-state index contributed by atoms with van der Waals surface area (Å²) in [6.07, 6.45) is 9.03. The fourth-order valence-electron chi connectivity index (χ4n) is 4.01. The van der Waals surface area contributed by atoms with Crippen molar-refractivity contribution in [2.75, 3.05) is 6.54 Å². The van der Waals surface area contributed by atoms with E-state index in [-0.39, 0.29) is 11.7 Å². The molecule has 0 aliphatic heterocycles. The number of amides is 1. The molecule has 5 nitrogen and oxygen atoms in total. The largest absolute Gasteiger partial charge is 0.352 e. The summed E-state index contributed by atoms with van der Waals surface area (Å²) in [6, 6.07) is 8.15. The summed E-state index contributed by atoms with van der Waals surface area (Å²) in [4.78, 5) is 17.5. The van der Waals surface area contributed by atoms with Crippen LogP contribution >= 0.6 is 0 Å². The minimum absolute atomic E-state index is 0.151. The highest BCUT2D eigenvalue weighted by molar-refractivity contribution is 6.06. The Morgan fingerprint density at radius 3 is 2.71 bits per heavy atom. The predicted octanol–water partition coefficient (Wildman–Crippen LogP) is 4.47. The van der Waals surface area contributed by atoms with Gasteiger partial charge in [0.2, 0.25) is 0 Å². The van der Waals surface area contributed by atoms with Crippen LogP contribution in [0.1, 0.15) is 48.9 Å². The maximum absolute atomic E-state index is 14.3. The van der Waals surface area contributed by atoms with Gasteiger partial charge in [-0.15, -0.1) is 0 Å². The van der Waals surface area contributed by atoms with E-state index < -0.39 is 0 Å². The molecule has 1 N–H and O–H groups in total. The lowest BCUT2D eigenvalue weighted by Gasteiger charge is -2.15. The SMILES string of the molecule is Cn1ncc2c(C(=O)NCC3CCCCCC3)cc(-c3ccccc3F)nc21. The van der Waals surface area contributed by atoms with E-state index in [2.05, 4.69) is 15.4 Å². The van der Waals surface area contributed by atoms with Gasteiger partial charge >= 0.3 is 0 Å². The first-order chi connectivity index (χ1) is 13.6. The summed E-state index contributed by atoms with van der Waals surface area (Å²) < 4.78 is 15.9. The zero-order valence-electron chi connectivity index (χ0n) is 16.1. The van der Waals surface area contributed by atoms with Crippen LogP contribution in [0.15, 0.2) is 36.5 Å². The van der Waals surface area contributed by atoms with Crippen LogP contribution in [-0.4, -0.2) is 27.2 Å². The van der Waals surface area contributed by atoms with Crippen molar-refractivity contribution in [1.82, 2.24) is 20.1 Å². The molecule has 4 rings (SSSR count). The molecule has 0 spiro atoms. The second kappa shape index (κ2) is 8.09. The first-order valence-electron chi connectivity index (χ1n) is 9.99. The summed E-state index contributed by atoms with van der Waals surface area (Å²) in [5.41, 5.74) is 1.88. The zero-order valence-corrected chi connectivity index (χ0v) is 16.1. The van der Waals surface area contributed by atoms with Gasteiger partial charge in [0.05, 0.1) is 22.8 Å². The summed E-state index contributed by atoms with van der Waals surface area (Å²) >= 11 is 0. The lowest BCUT2D eigenvalue weighted by Crippen LogP contribution is -2.29. The number of carbonyl (C=O) groups is 1. The van der Waals surface area contributed by atoms with E-state index in [9.17, 15) is 9.18 Å². The topological polar surface area (TPSA) is 59.8 Å². The third-order valence-corrected chi connectivity index (χ3v) is 5.63. The minimum Gasteiger partial charge on any atom is -0.352 e. The first kappa shape index (κ1) is 18.6. The molecule has 0 bridgehead atoms. The Morgan fingerprint density at radius 1 is 1.21 bits per heavy atom. The molecule has 0 saturated heterocycles. The van der Waals surface area contributed by atoms with Gasteiger partial charge in [-0.3, -0.25) is 9.48 Å². The highest BCUT2D eigenvalue weighted by Gasteiger charge is 2.19. The Hall–Kier alpha value is -2.76. The van der Waals surface area contributed by atoms with E-state index in [1.807, 2.05) is 0 Å². The highest BCUT2D eigenvalue weighted by atomic mass is 19.1. The summed E-state index contributed by atoms with van der Waals surface area (Å²) in [6.45, 7) is 0.679. The number of aromatic nitrogens is 3. The molecule has 1 fully saturated rings. The van der Waals surface area contributed by atoms with Gasteiger partial charge in [-0.25, -0.2) is 9.37 Å². The normalized spacial score (nSPS) is 15.5. The van der Waals surface area contributed by atoms with Crippen molar-refractivity contribution in [3.63, 3.8) is 0 Å². The quantitative estimate of drug-likeness (QED) is 0.679. The Bertz CT molecular complexity index is 989. The smallest absolute Gasteiger partial charge is 0.252 e. The van der Waals surface area contributed by atoms with Crippen molar-refractivity contribution in [3.8, 4) is 11.3 Å². The van der Waals surface area contributed by atoms with Crippen LogP contribution in [-0.2, 0) is 7.05 Å². The van der Waals surface area contributed by atoms with Gasteiger partial charge in [-0.05, 0) is 37.0 Å². The molecule has 0 atom stereocenters. The first-order valence-corrected chi connectivity index (χ1v) is 9.99. The molecule has 0 radical (unpaired) electrons. The van der Waals surface area contributed by atoms with E-state index in [1.54, 1.807) is 42.2 Å². The van der Waals surface area contributed by atoms with Gasteiger partial charge in [0, 0.05) is 19.2 Å². The predicted molar refractivity (Wildman–Crippen MR) is 107 cm³/mol. The summed E-state index contributed by atoms with van der Waals surface area (Å²) in [7, 11) is 1.77. The van der Waals surface area contributed by atoms with Crippen LogP contribution in [0, 0.1) is 11.7 Å². The number of benzene rings is 1. The molecule has 2 heterocycles. The molecule has 6 heteroatoms. The van der Waals surface area contributed by atoms with Crippen LogP contribution in [0.25, 0.3) is 22.3 Å². The maximum atomic E-state index is 14.3. The molecule has 1 aliphatic carbocycles. The number of hydrogen-bond donors (Lipinski definition) is 1. The molecule has 28 heavy (non-hydrogen) atoms. The maximum Gasteiger partial charge on any atom is 0.252 e. The van der Waals surface area contributed by atoms with Crippen LogP contribution in [0.4, 0.5) is 4.39 Å². The van der Waals surface area contributed by atoms with E-state index in [1.165, 1.54) is 44.6 Å². The third kappa shape index (κ3) is 3.77. The second-order valence-corrected chi connectivity index (χ2v) is 7.61. The van der Waals surface area contributed by atoms with Crippen LogP contribution in [0.2, 0.25) is 0 Å². The van der Waals surface area contributed by atoms with Gasteiger partial charge in [-0.1, -0.05) is 37.8 Å². The highest BCUT2D eigenvalue weighted by Crippen LogP contribution is 2.27. The van der Waals surface area contributed by atoms with Gasteiger partial charge in [0.15, 0.2) is 5.65 Å². The Morgan fingerprint density at radius 2 is 1.96 bits per heavy atom. The van der Waals surface area contributed by atoms with Gasteiger partial charge in [0.1, 0.15) is 5.82 Å². The number of hydrogen-bond acceptors (Lipinski definition) is 3. The number of carbonyl (C=O) groups excluding carboxylic acids is 1. The van der Waals surface area contributed by atoms with Crippen molar-refractivity contribution < 1.29 is 9.18 Å². The van der Waals surface area contributed by atoms with Gasteiger partial charge in [-0.2, -0.15) is 5.10 Å². The minimum atomic E-state index is -0.360. The van der Waals surface area contributed by atoms with Crippen LogP contribution < -0.4 is 5.32 Å². The molecule has 1 saturated carbocycles. The molecule has 0 unspecified atom stereocenters. The number of fused-ring (bicyclic) bond motifs is 1. The number of rotatable bonds is 4. The Balaban J connectivity index is 1.65. The average Bonchev–Trinajstić information content (AvgIpc) is 2.91. The molecule has 2 aromatic heterocycles. The average molecular weight is 380 g/mol. The van der Waals surface area contributed by atoms with E-state index in [4.69, 9.17) is 0 Å². The fourth-order valence-corrected chi connectivity index (χ4v) is 4.01. The third-order valence-electron chi connectivity index (χ3n) is 5.63. The van der Waals surface area contributed by atoms with Crippen molar-refractivity contribution >= 4 is 16.9 Å². The van der Waals surface area contributed by atoms with E-state index in [0.717, 1.165) is 0 Å². The molecule has 1 amide bonds. The van der Waals surface area contributed by atoms with Gasteiger partial charge < -0.3 is 5.32 Å². The number of nitrogens with one attached hydrogen (secondary N) is 1. The van der Waals surface area contributed by atoms with Gasteiger partial charge in [0.25, 0.3) is 5.91 Å². The molecule has 3 aromatic rings. The van der Waals surface area contributed by atoms with E-state index >= 15 is 0 Å². The summed E-state index contributed by atoms with van der Waals surface area (Å²) in [5.74, 6) is 0.0206. The van der Waals surface area contributed by atoms with Crippen LogP contribution in [0.5, 0.6) is 0 Å². The Labute approximate surface area is 164 Å². The molecular weight excluding hydrogens is 355 g/mol. The lowest BCUT2D eigenvalue weighted by atomic mass is 10.00. The molecule has 146 valence electrons. The fraction of sp³-hybridized carbons (Fsp3) is 0.409. The number of nitrogens with zero attached hydrogens (tertiary/aromatic N) is 3. The zero-order chi connectivity index (χ0) is 19.5. The molecular formula is C22H25FN4O. The summed E-state index contributed by atoms with van der Waals surface area (Å²) in [5, 5.41) is 8.01. The Kier molecular flexibility index (Phi) is 5.37. The van der Waals surface area contributed by atoms with Crippen molar-refractivity contribution in [3.05, 3.63) is 47.9 Å². The number of pyridine rings is 1. The second-order valence-electron chi connectivity index (χ2n) is 7.61. The van der Waals surface area contributed by atoms with Crippen molar-refractivity contribution in [1.29, 1.82) is 0 Å². The number of halogens is 1. The standard InChI is InChI=1S/C22H25FN4O/c1-27-21-18(14-25-27)17(12-20(26-21)16-10-6-7-11-19(16)23)22(28)24-13-15-8-4-2-3-5-9-15/h6-7,10-12,14-15H,2-5,8-9,13H2,1H3,(H,24,28). The van der Waals surface area contributed by atoms with Crippen molar-refractivity contribution in [2.24, 2.45) is 13.0 Å².